The minimum Gasteiger partial charge on any atom is -0.459 e. The number of nitrogens with one attached hydrogen (secondary N) is 2. The van der Waals surface area contributed by atoms with Gasteiger partial charge in [0.05, 0.1) is 25.5 Å². The standard InChI is InChI=1S/C25H27N3O4/c1-18-4-6-19(7-5-18)22(17-28-12-15-31-16-13-28)27-24(29)20-8-10-21(11-9-20)26-25(30)23-3-2-14-32-23/h2-11,14,22H,12-13,15-17H2,1H3,(H,26,30)(H,27,29)/t22-/m0/s1. The number of amides is 2. The number of hydrogen-bond donors (Lipinski definition) is 2. The van der Waals surface area contributed by atoms with Crippen LogP contribution in [0.1, 0.15) is 38.1 Å². The number of anilines is 1. The van der Waals surface area contributed by atoms with E-state index in [1.807, 2.05) is 6.92 Å². The smallest absolute Gasteiger partial charge is 0.291 e. The normalized spacial score (nSPS) is 15.2. The van der Waals surface area contributed by atoms with Crippen LogP contribution in [0.25, 0.3) is 0 Å². The molecule has 2 amide bonds. The Hall–Kier alpha value is -3.42. The lowest BCUT2D eigenvalue weighted by atomic mass is 10.0. The monoisotopic (exact) mass is 433 g/mol. The number of morpholine rings is 1. The van der Waals surface area contributed by atoms with Gasteiger partial charge in [0.25, 0.3) is 11.8 Å². The Labute approximate surface area is 187 Å². The van der Waals surface area contributed by atoms with Crippen LogP contribution in [0.4, 0.5) is 5.69 Å². The first kappa shape index (κ1) is 21.8. The molecule has 2 N–H and O–H groups in total. The second kappa shape index (κ2) is 10.3. The van der Waals surface area contributed by atoms with Crippen LogP contribution < -0.4 is 10.6 Å². The molecule has 0 aliphatic carbocycles. The SMILES string of the molecule is Cc1ccc([C@H](CN2CCOCC2)NC(=O)c2ccc(NC(=O)c3ccco3)cc2)cc1. The summed E-state index contributed by atoms with van der Waals surface area (Å²) in [5.41, 5.74) is 3.36. The number of nitrogens with zero attached hydrogens (tertiary/aromatic N) is 1. The number of hydrogen-bond acceptors (Lipinski definition) is 5. The van der Waals surface area contributed by atoms with Crippen LogP contribution >= 0.6 is 0 Å². The van der Waals surface area contributed by atoms with Crippen molar-refractivity contribution in [2.75, 3.05) is 38.2 Å². The van der Waals surface area contributed by atoms with Gasteiger partial charge in [0, 0.05) is 30.9 Å². The summed E-state index contributed by atoms with van der Waals surface area (Å²) in [7, 11) is 0. The van der Waals surface area contributed by atoms with Gasteiger partial charge >= 0.3 is 0 Å². The molecule has 1 aromatic heterocycles. The van der Waals surface area contributed by atoms with Gasteiger partial charge < -0.3 is 19.8 Å². The fourth-order valence-corrected chi connectivity index (χ4v) is 3.62. The minimum absolute atomic E-state index is 0.139. The minimum atomic E-state index is -0.336. The van der Waals surface area contributed by atoms with Crippen molar-refractivity contribution < 1.29 is 18.7 Å². The lowest BCUT2D eigenvalue weighted by Crippen LogP contribution is -2.43. The highest BCUT2D eigenvalue weighted by Crippen LogP contribution is 2.18. The molecular weight excluding hydrogens is 406 g/mol. The molecule has 4 rings (SSSR count). The maximum atomic E-state index is 13.0. The van der Waals surface area contributed by atoms with Crippen molar-refractivity contribution in [2.45, 2.75) is 13.0 Å². The molecule has 0 spiro atoms. The van der Waals surface area contributed by atoms with Gasteiger partial charge in [-0.15, -0.1) is 0 Å². The van der Waals surface area contributed by atoms with E-state index in [4.69, 9.17) is 9.15 Å². The summed E-state index contributed by atoms with van der Waals surface area (Å²) in [6, 6.07) is 18.2. The molecular formula is C25H27N3O4. The van der Waals surface area contributed by atoms with Crippen LogP contribution in [0.3, 0.4) is 0 Å². The number of carbonyl (C=O) groups is 2. The Morgan fingerprint density at radius 3 is 2.34 bits per heavy atom. The molecule has 7 nitrogen and oxygen atoms in total. The van der Waals surface area contributed by atoms with Gasteiger partial charge in [0.1, 0.15) is 0 Å². The van der Waals surface area contributed by atoms with E-state index in [9.17, 15) is 9.59 Å². The molecule has 2 aromatic carbocycles. The lowest BCUT2D eigenvalue weighted by molar-refractivity contribution is 0.0332. The van der Waals surface area contributed by atoms with Gasteiger partial charge in [0.15, 0.2) is 5.76 Å². The predicted molar refractivity (Wildman–Crippen MR) is 122 cm³/mol. The van der Waals surface area contributed by atoms with Crippen molar-refractivity contribution in [3.05, 3.63) is 89.4 Å². The second-order valence-corrected chi connectivity index (χ2v) is 7.86. The van der Waals surface area contributed by atoms with Crippen molar-refractivity contribution in [1.29, 1.82) is 0 Å². The molecule has 1 aliphatic heterocycles. The maximum Gasteiger partial charge on any atom is 0.291 e. The summed E-state index contributed by atoms with van der Waals surface area (Å²) in [5, 5.41) is 5.93. The van der Waals surface area contributed by atoms with E-state index in [1.54, 1.807) is 36.4 Å². The molecule has 0 radical (unpaired) electrons. The first-order valence-electron chi connectivity index (χ1n) is 10.7. The average molecular weight is 434 g/mol. The number of furan rings is 1. The largest absolute Gasteiger partial charge is 0.459 e. The van der Waals surface area contributed by atoms with Crippen LogP contribution in [0.2, 0.25) is 0 Å². The third kappa shape index (κ3) is 5.63. The van der Waals surface area contributed by atoms with E-state index in [-0.39, 0.29) is 23.6 Å². The highest BCUT2D eigenvalue weighted by molar-refractivity contribution is 6.02. The van der Waals surface area contributed by atoms with Crippen molar-refractivity contribution >= 4 is 17.5 Å². The summed E-state index contributed by atoms with van der Waals surface area (Å²) in [4.78, 5) is 27.4. The average Bonchev–Trinajstić information content (AvgIpc) is 3.36. The van der Waals surface area contributed by atoms with Crippen LogP contribution in [0, 0.1) is 6.92 Å². The van der Waals surface area contributed by atoms with Crippen LogP contribution in [-0.4, -0.2) is 49.6 Å². The third-order valence-electron chi connectivity index (χ3n) is 5.48. The van der Waals surface area contributed by atoms with Crippen molar-refractivity contribution in [3.8, 4) is 0 Å². The molecule has 2 heterocycles. The van der Waals surface area contributed by atoms with Crippen molar-refractivity contribution in [2.24, 2.45) is 0 Å². The quantitative estimate of drug-likeness (QED) is 0.594. The van der Waals surface area contributed by atoms with E-state index in [1.165, 1.54) is 11.8 Å². The maximum absolute atomic E-state index is 13.0. The topological polar surface area (TPSA) is 83.8 Å². The molecule has 7 heteroatoms. The van der Waals surface area contributed by atoms with Crippen molar-refractivity contribution in [1.82, 2.24) is 10.2 Å². The summed E-state index contributed by atoms with van der Waals surface area (Å²) in [6.45, 7) is 5.88. The van der Waals surface area contributed by atoms with Gasteiger partial charge in [-0.05, 0) is 48.9 Å². The first-order chi connectivity index (χ1) is 15.6. The van der Waals surface area contributed by atoms with E-state index in [0.717, 1.165) is 25.2 Å². The summed E-state index contributed by atoms with van der Waals surface area (Å²) >= 11 is 0. The lowest BCUT2D eigenvalue weighted by Gasteiger charge is -2.31. The van der Waals surface area contributed by atoms with Crippen LogP contribution in [0.5, 0.6) is 0 Å². The molecule has 1 fully saturated rings. The number of rotatable bonds is 7. The van der Waals surface area contributed by atoms with Gasteiger partial charge in [-0.2, -0.15) is 0 Å². The van der Waals surface area contributed by atoms with Gasteiger partial charge in [0.2, 0.25) is 0 Å². The zero-order valence-electron chi connectivity index (χ0n) is 18.0. The molecule has 1 saturated heterocycles. The Kier molecular flexibility index (Phi) is 6.99. The Balaban J connectivity index is 1.43. The summed E-state index contributed by atoms with van der Waals surface area (Å²) in [5.74, 6) is -0.263. The molecule has 0 bridgehead atoms. The summed E-state index contributed by atoms with van der Waals surface area (Å²) < 4.78 is 10.5. The fourth-order valence-electron chi connectivity index (χ4n) is 3.62. The molecule has 0 saturated carbocycles. The third-order valence-corrected chi connectivity index (χ3v) is 5.48. The molecule has 166 valence electrons. The number of carbonyl (C=O) groups excluding carboxylic acids is 2. The van der Waals surface area contributed by atoms with Crippen molar-refractivity contribution in [3.63, 3.8) is 0 Å². The zero-order chi connectivity index (χ0) is 22.3. The molecule has 0 unspecified atom stereocenters. The highest BCUT2D eigenvalue weighted by atomic mass is 16.5. The second-order valence-electron chi connectivity index (χ2n) is 7.86. The Morgan fingerprint density at radius 1 is 0.969 bits per heavy atom. The molecule has 32 heavy (non-hydrogen) atoms. The molecule has 1 aliphatic rings. The van der Waals surface area contributed by atoms with E-state index >= 15 is 0 Å². The van der Waals surface area contributed by atoms with Gasteiger partial charge in [-0.3, -0.25) is 14.5 Å². The summed E-state index contributed by atoms with van der Waals surface area (Å²) in [6.07, 6.45) is 1.45. The Bertz CT molecular complexity index is 1020. The highest BCUT2D eigenvalue weighted by Gasteiger charge is 2.21. The van der Waals surface area contributed by atoms with E-state index in [0.29, 0.717) is 24.5 Å². The van der Waals surface area contributed by atoms with Crippen LogP contribution in [0.15, 0.2) is 71.3 Å². The predicted octanol–water partition coefficient (Wildman–Crippen LogP) is 3.64. The van der Waals surface area contributed by atoms with Gasteiger partial charge in [-0.25, -0.2) is 0 Å². The molecule has 3 aromatic rings. The zero-order valence-corrected chi connectivity index (χ0v) is 18.0. The Morgan fingerprint density at radius 2 is 1.69 bits per heavy atom. The van der Waals surface area contributed by atoms with Gasteiger partial charge in [-0.1, -0.05) is 29.8 Å². The fraction of sp³-hybridized carbons (Fsp3) is 0.280. The van der Waals surface area contributed by atoms with E-state index < -0.39 is 0 Å². The van der Waals surface area contributed by atoms with E-state index in [2.05, 4.69) is 39.8 Å². The molecule has 1 atom stereocenters. The number of ether oxygens (including phenoxy) is 1. The number of benzene rings is 2. The van der Waals surface area contributed by atoms with Crippen LogP contribution in [-0.2, 0) is 4.74 Å². The first-order valence-corrected chi connectivity index (χ1v) is 10.7. The number of aryl methyl sites for hydroxylation is 1.